The minimum Gasteiger partial charge on any atom is -0.453 e. The first-order valence-corrected chi connectivity index (χ1v) is 10.0. The molecule has 0 unspecified atom stereocenters. The summed E-state index contributed by atoms with van der Waals surface area (Å²) in [6.07, 6.45) is 2.16. The van der Waals surface area contributed by atoms with Crippen LogP contribution in [0.25, 0.3) is 0 Å². The molecule has 2 aliphatic carbocycles. The molecule has 0 radical (unpaired) electrons. The van der Waals surface area contributed by atoms with Gasteiger partial charge in [-0.25, -0.2) is 4.79 Å². The standard InChI is InChI=1S/C22H30N2O3/c1-14(2)15-6-5-7-17(8-15)22-11-18(22)12-24(13-22)19(25)16-9-21(3,10-16)23-20(26)27-4/h5-8,14,16,18H,9-13H2,1-4H3,(H,23,26)/t16-,18-,21+,22+/m0/s1. The van der Waals surface area contributed by atoms with Crippen molar-refractivity contribution >= 4 is 12.0 Å². The molecule has 1 heterocycles. The van der Waals surface area contributed by atoms with E-state index in [0.717, 1.165) is 13.1 Å². The average molecular weight is 370 g/mol. The van der Waals surface area contributed by atoms with Gasteiger partial charge in [-0.05, 0) is 49.1 Å². The van der Waals surface area contributed by atoms with Crippen molar-refractivity contribution in [3.05, 3.63) is 35.4 Å². The molecule has 1 N–H and O–H groups in total. The van der Waals surface area contributed by atoms with Crippen LogP contribution in [-0.2, 0) is 14.9 Å². The maximum atomic E-state index is 13.0. The quantitative estimate of drug-likeness (QED) is 0.883. The Morgan fingerprint density at radius 3 is 2.67 bits per heavy atom. The highest BCUT2D eigenvalue weighted by Crippen LogP contribution is 2.59. The van der Waals surface area contributed by atoms with Crippen molar-refractivity contribution in [2.24, 2.45) is 11.8 Å². The van der Waals surface area contributed by atoms with Gasteiger partial charge in [-0.1, -0.05) is 38.1 Å². The molecule has 5 heteroatoms. The van der Waals surface area contributed by atoms with Crippen LogP contribution in [0.5, 0.6) is 0 Å². The fourth-order valence-corrected chi connectivity index (χ4v) is 5.17. The molecular formula is C22H30N2O3. The minimum atomic E-state index is -0.421. The van der Waals surface area contributed by atoms with Crippen LogP contribution in [0.3, 0.4) is 0 Å². The number of benzene rings is 1. The third-order valence-corrected chi connectivity index (χ3v) is 6.92. The van der Waals surface area contributed by atoms with Gasteiger partial charge in [0.25, 0.3) is 0 Å². The first kappa shape index (κ1) is 18.3. The van der Waals surface area contributed by atoms with Gasteiger partial charge in [0.15, 0.2) is 0 Å². The molecule has 0 spiro atoms. The maximum Gasteiger partial charge on any atom is 0.407 e. The summed E-state index contributed by atoms with van der Waals surface area (Å²) in [6, 6.07) is 8.94. The molecule has 3 aliphatic rings. The van der Waals surface area contributed by atoms with Crippen LogP contribution in [-0.4, -0.2) is 42.6 Å². The highest BCUT2D eigenvalue weighted by Gasteiger charge is 2.62. The Morgan fingerprint density at radius 2 is 2.00 bits per heavy atom. The van der Waals surface area contributed by atoms with E-state index in [1.165, 1.54) is 24.7 Å². The molecule has 1 aromatic carbocycles. The van der Waals surface area contributed by atoms with Crippen LogP contribution in [0.2, 0.25) is 0 Å². The predicted molar refractivity (Wildman–Crippen MR) is 104 cm³/mol. The van der Waals surface area contributed by atoms with Gasteiger partial charge in [-0.15, -0.1) is 0 Å². The third kappa shape index (κ3) is 3.11. The molecule has 2 atom stereocenters. The molecule has 3 fully saturated rings. The van der Waals surface area contributed by atoms with E-state index in [-0.39, 0.29) is 22.8 Å². The van der Waals surface area contributed by atoms with Gasteiger partial charge < -0.3 is 15.0 Å². The Morgan fingerprint density at radius 1 is 1.26 bits per heavy atom. The molecule has 4 rings (SSSR count). The Labute approximate surface area is 161 Å². The monoisotopic (exact) mass is 370 g/mol. The van der Waals surface area contributed by atoms with E-state index in [2.05, 4.69) is 53.1 Å². The molecule has 0 bridgehead atoms. The SMILES string of the molecule is COC(=O)N[C@]1(C)C[C@H](C(=O)N2C[C@@H]3C[C@]3(c3cccc(C(C)C)c3)C2)C1. The number of fused-ring (bicyclic) bond motifs is 1. The first-order valence-electron chi connectivity index (χ1n) is 10.0. The zero-order valence-electron chi connectivity index (χ0n) is 16.7. The topological polar surface area (TPSA) is 58.6 Å². The summed E-state index contributed by atoms with van der Waals surface area (Å²) in [5.74, 6) is 1.39. The summed E-state index contributed by atoms with van der Waals surface area (Å²) in [5.41, 5.74) is 2.64. The molecule has 2 amide bonds. The lowest BCUT2D eigenvalue weighted by atomic mass is 9.69. The van der Waals surface area contributed by atoms with Gasteiger partial charge in [0.1, 0.15) is 0 Å². The number of amides is 2. The van der Waals surface area contributed by atoms with Gasteiger partial charge in [-0.3, -0.25) is 4.79 Å². The van der Waals surface area contributed by atoms with Crippen LogP contribution in [0.1, 0.15) is 57.1 Å². The van der Waals surface area contributed by atoms with Gasteiger partial charge in [0.2, 0.25) is 5.91 Å². The lowest BCUT2D eigenvalue weighted by molar-refractivity contribution is -0.140. The average Bonchev–Trinajstić information content (AvgIpc) is 3.20. The van der Waals surface area contributed by atoms with Gasteiger partial charge >= 0.3 is 6.09 Å². The van der Waals surface area contributed by atoms with E-state index >= 15 is 0 Å². The zero-order chi connectivity index (χ0) is 19.4. The van der Waals surface area contributed by atoms with Crippen LogP contribution in [0.15, 0.2) is 24.3 Å². The fraction of sp³-hybridized carbons (Fsp3) is 0.636. The lowest BCUT2D eigenvalue weighted by Crippen LogP contribution is -2.58. The van der Waals surface area contributed by atoms with E-state index in [0.29, 0.717) is 24.7 Å². The van der Waals surface area contributed by atoms with Crippen LogP contribution < -0.4 is 5.32 Å². The molecular weight excluding hydrogens is 340 g/mol. The number of alkyl carbamates (subject to hydrolysis) is 1. The summed E-state index contributed by atoms with van der Waals surface area (Å²) < 4.78 is 4.68. The predicted octanol–water partition coefficient (Wildman–Crippen LogP) is 3.43. The minimum absolute atomic E-state index is 0.0173. The number of methoxy groups -OCH3 is 1. The number of nitrogens with one attached hydrogen (secondary N) is 1. The van der Waals surface area contributed by atoms with Gasteiger partial charge in [0, 0.05) is 30.0 Å². The molecule has 27 heavy (non-hydrogen) atoms. The van der Waals surface area contributed by atoms with Crippen LogP contribution in [0.4, 0.5) is 4.79 Å². The zero-order valence-corrected chi connectivity index (χ0v) is 16.7. The summed E-state index contributed by atoms with van der Waals surface area (Å²) in [7, 11) is 1.37. The largest absolute Gasteiger partial charge is 0.453 e. The number of hydrogen-bond donors (Lipinski definition) is 1. The van der Waals surface area contributed by atoms with Gasteiger partial charge in [-0.2, -0.15) is 0 Å². The Kier molecular flexibility index (Phi) is 4.24. The molecule has 1 aromatic rings. The number of likely N-dealkylation sites (tertiary alicyclic amines) is 1. The Balaban J connectivity index is 1.39. The number of piperidine rings is 1. The van der Waals surface area contributed by atoms with Crippen molar-refractivity contribution < 1.29 is 14.3 Å². The number of ether oxygens (including phenoxy) is 1. The van der Waals surface area contributed by atoms with Crippen molar-refractivity contribution in [2.45, 2.75) is 56.9 Å². The molecule has 146 valence electrons. The Bertz CT molecular complexity index is 769. The van der Waals surface area contributed by atoms with E-state index in [1.54, 1.807) is 0 Å². The van der Waals surface area contributed by atoms with Crippen molar-refractivity contribution in [2.75, 3.05) is 20.2 Å². The Hall–Kier alpha value is -2.04. The number of rotatable bonds is 4. The number of carbonyl (C=O) groups is 2. The van der Waals surface area contributed by atoms with Crippen LogP contribution >= 0.6 is 0 Å². The maximum absolute atomic E-state index is 13.0. The number of carbonyl (C=O) groups excluding carboxylic acids is 2. The molecule has 1 aliphatic heterocycles. The normalized spacial score (nSPS) is 34.0. The van der Waals surface area contributed by atoms with Crippen molar-refractivity contribution in [1.82, 2.24) is 10.2 Å². The van der Waals surface area contributed by atoms with Crippen molar-refractivity contribution in [3.63, 3.8) is 0 Å². The van der Waals surface area contributed by atoms with Gasteiger partial charge in [0.05, 0.1) is 7.11 Å². The fourth-order valence-electron chi connectivity index (χ4n) is 5.17. The second-order valence-corrected chi connectivity index (χ2v) is 9.34. The first-order chi connectivity index (χ1) is 12.8. The number of nitrogens with zero attached hydrogens (tertiary/aromatic N) is 1. The summed E-state index contributed by atoms with van der Waals surface area (Å²) in [6.45, 7) is 8.15. The summed E-state index contributed by atoms with van der Waals surface area (Å²) in [5, 5.41) is 2.85. The highest BCUT2D eigenvalue weighted by molar-refractivity contribution is 5.82. The molecule has 2 saturated carbocycles. The van der Waals surface area contributed by atoms with E-state index in [1.807, 2.05) is 6.92 Å². The highest BCUT2D eigenvalue weighted by atomic mass is 16.5. The summed E-state index contributed by atoms with van der Waals surface area (Å²) >= 11 is 0. The third-order valence-electron chi connectivity index (χ3n) is 6.92. The number of hydrogen-bond acceptors (Lipinski definition) is 3. The lowest BCUT2D eigenvalue weighted by Gasteiger charge is -2.45. The second-order valence-electron chi connectivity index (χ2n) is 9.34. The van der Waals surface area contributed by atoms with E-state index in [4.69, 9.17) is 0 Å². The summed E-state index contributed by atoms with van der Waals surface area (Å²) in [4.78, 5) is 26.5. The van der Waals surface area contributed by atoms with Crippen molar-refractivity contribution in [3.8, 4) is 0 Å². The van der Waals surface area contributed by atoms with Crippen molar-refractivity contribution in [1.29, 1.82) is 0 Å². The second kappa shape index (κ2) is 6.25. The smallest absolute Gasteiger partial charge is 0.407 e. The van der Waals surface area contributed by atoms with E-state index in [9.17, 15) is 9.59 Å². The molecule has 1 saturated heterocycles. The van der Waals surface area contributed by atoms with E-state index < -0.39 is 6.09 Å². The molecule has 5 nitrogen and oxygen atoms in total. The molecule has 0 aromatic heterocycles. The van der Waals surface area contributed by atoms with Crippen LogP contribution in [0, 0.1) is 11.8 Å².